The molecule has 3 rings (SSSR count). The molecule has 0 heterocycles. The number of hydrogen-bond donors (Lipinski definition) is 1. The van der Waals surface area contributed by atoms with Gasteiger partial charge in [-0.15, -0.1) is 0 Å². The predicted molar refractivity (Wildman–Crippen MR) is 150 cm³/mol. The molecule has 5 nitrogen and oxygen atoms in total. The van der Waals surface area contributed by atoms with Crippen molar-refractivity contribution in [2.75, 3.05) is 19.8 Å². The Morgan fingerprint density at radius 3 is 2.46 bits per heavy atom. The molecule has 0 atom stereocenters. The van der Waals surface area contributed by atoms with E-state index in [0.29, 0.717) is 37.3 Å². The van der Waals surface area contributed by atoms with Crippen LogP contribution in [-0.2, 0) is 16.1 Å². The Balaban J connectivity index is 1.79. The van der Waals surface area contributed by atoms with E-state index < -0.39 is 0 Å². The van der Waals surface area contributed by atoms with Gasteiger partial charge >= 0.3 is 5.97 Å². The van der Waals surface area contributed by atoms with Gasteiger partial charge in [-0.1, -0.05) is 80.9 Å². The van der Waals surface area contributed by atoms with E-state index in [0.717, 1.165) is 40.8 Å². The highest BCUT2D eigenvalue weighted by atomic mass is 16.5. The van der Waals surface area contributed by atoms with E-state index in [2.05, 4.69) is 24.4 Å². The molecule has 37 heavy (non-hydrogen) atoms. The average molecular weight is 500 g/mol. The Hall–Kier alpha value is -3.70. The summed E-state index contributed by atoms with van der Waals surface area (Å²) in [5.74, 6) is 0.570. The number of nitrogens with one attached hydrogen (secondary N) is 1. The van der Waals surface area contributed by atoms with Gasteiger partial charge in [-0.05, 0) is 54.7 Å². The van der Waals surface area contributed by atoms with E-state index in [1.165, 1.54) is 0 Å². The second kappa shape index (κ2) is 14.8. The molecule has 5 heteroatoms. The highest BCUT2D eigenvalue weighted by molar-refractivity contribution is 5.97. The first-order valence-electron chi connectivity index (χ1n) is 13.1. The maximum absolute atomic E-state index is 12.4. The number of esters is 1. The van der Waals surface area contributed by atoms with Crippen LogP contribution in [0.25, 0.3) is 17.2 Å². The Morgan fingerprint density at radius 2 is 1.73 bits per heavy atom. The summed E-state index contributed by atoms with van der Waals surface area (Å²) in [4.78, 5) is 24.6. The molecule has 0 saturated carbocycles. The molecule has 3 aromatic rings. The standard InChI is InChI=1S/C32H37NO4/c1-4-7-18-37-31-21-24(19-26(5-2)32(35)36-6-3)16-17-29(31)28-15-11-12-25(20-28)22-33-23-30(34)27-13-9-8-10-14-27/h8-17,19-21,33H,4-7,18,22-23H2,1-3H3. The van der Waals surface area contributed by atoms with Crippen molar-refractivity contribution in [2.45, 2.75) is 46.6 Å². The van der Waals surface area contributed by atoms with Gasteiger partial charge in [0.2, 0.25) is 0 Å². The number of carbonyl (C=O) groups excluding carboxylic acids is 2. The molecular formula is C32H37NO4. The molecule has 194 valence electrons. The van der Waals surface area contributed by atoms with Crippen LogP contribution in [0.2, 0.25) is 0 Å². The summed E-state index contributed by atoms with van der Waals surface area (Å²) in [5, 5.41) is 3.26. The third-order valence-corrected chi connectivity index (χ3v) is 5.97. The normalized spacial score (nSPS) is 11.3. The van der Waals surface area contributed by atoms with Gasteiger partial charge in [-0.3, -0.25) is 4.79 Å². The summed E-state index contributed by atoms with van der Waals surface area (Å²) >= 11 is 0. The maximum atomic E-state index is 12.4. The quantitative estimate of drug-likeness (QED) is 0.114. The third kappa shape index (κ3) is 8.43. The van der Waals surface area contributed by atoms with E-state index >= 15 is 0 Å². The first-order valence-corrected chi connectivity index (χ1v) is 13.1. The van der Waals surface area contributed by atoms with Crippen LogP contribution in [0.5, 0.6) is 5.75 Å². The van der Waals surface area contributed by atoms with E-state index in [4.69, 9.17) is 9.47 Å². The zero-order valence-electron chi connectivity index (χ0n) is 22.1. The first-order chi connectivity index (χ1) is 18.0. The van der Waals surface area contributed by atoms with Crippen LogP contribution < -0.4 is 10.1 Å². The molecule has 1 N–H and O–H groups in total. The van der Waals surface area contributed by atoms with E-state index in [1.807, 2.05) is 80.6 Å². The van der Waals surface area contributed by atoms with Gasteiger partial charge in [-0.2, -0.15) is 0 Å². The average Bonchev–Trinajstić information content (AvgIpc) is 2.92. The van der Waals surface area contributed by atoms with E-state index in [9.17, 15) is 9.59 Å². The van der Waals surface area contributed by atoms with Gasteiger partial charge in [0.25, 0.3) is 0 Å². The van der Waals surface area contributed by atoms with Crippen molar-refractivity contribution in [3.63, 3.8) is 0 Å². The number of ketones is 1. The SMILES string of the molecule is CCCCOc1cc(C=C(CC)C(=O)OCC)ccc1-c1cccc(CNCC(=O)c2ccccc2)c1. The molecule has 0 aliphatic heterocycles. The fourth-order valence-electron chi connectivity index (χ4n) is 3.94. The Bertz CT molecular complexity index is 1200. The van der Waals surface area contributed by atoms with Crippen LogP contribution in [0, 0.1) is 0 Å². The molecule has 0 unspecified atom stereocenters. The Labute approximate surface area is 220 Å². The summed E-state index contributed by atoms with van der Waals surface area (Å²) in [6.45, 7) is 7.73. The van der Waals surface area contributed by atoms with E-state index in [1.54, 1.807) is 0 Å². The molecule has 0 bridgehead atoms. The second-order valence-electron chi connectivity index (χ2n) is 8.79. The number of Topliss-reactive ketones (excluding diaryl/α,β-unsaturated/α-hetero) is 1. The van der Waals surface area contributed by atoms with Crippen LogP contribution in [0.3, 0.4) is 0 Å². The minimum absolute atomic E-state index is 0.0706. The van der Waals surface area contributed by atoms with Gasteiger partial charge in [0.05, 0.1) is 19.8 Å². The van der Waals surface area contributed by atoms with Gasteiger partial charge in [0.1, 0.15) is 5.75 Å². The van der Waals surface area contributed by atoms with Crippen molar-refractivity contribution >= 4 is 17.8 Å². The molecule has 0 aromatic heterocycles. The molecule has 0 fully saturated rings. The number of benzene rings is 3. The molecule has 0 aliphatic rings. The predicted octanol–water partition coefficient (Wildman–Crippen LogP) is 6.86. The van der Waals surface area contributed by atoms with Crippen molar-refractivity contribution in [3.8, 4) is 16.9 Å². The number of unbranched alkanes of at least 4 members (excludes halogenated alkanes) is 1. The highest BCUT2D eigenvalue weighted by Crippen LogP contribution is 2.33. The lowest BCUT2D eigenvalue weighted by molar-refractivity contribution is -0.138. The van der Waals surface area contributed by atoms with Crippen molar-refractivity contribution in [2.24, 2.45) is 0 Å². The summed E-state index contributed by atoms with van der Waals surface area (Å²) in [5.41, 5.74) is 5.35. The molecule has 0 radical (unpaired) electrons. The highest BCUT2D eigenvalue weighted by Gasteiger charge is 2.12. The lowest BCUT2D eigenvalue weighted by Gasteiger charge is -2.14. The maximum Gasteiger partial charge on any atom is 0.333 e. The molecule has 3 aromatic carbocycles. The van der Waals surface area contributed by atoms with Gasteiger partial charge < -0.3 is 14.8 Å². The van der Waals surface area contributed by atoms with Gasteiger partial charge in [0.15, 0.2) is 5.78 Å². The zero-order valence-corrected chi connectivity index (χ0v) is 22.1. The number of carbonyl (C=O) groups is 2. The summed E-state index contributed by atoms with van der Waals surface area (Å²) in [7, 11) is 0. The number of ether oxygens (including phenoxy) is 2. The minimum atomic E-state index is -0.284. The summed E-state index contributed by atoms with van der Waals surface area (Å²) in [6, 6.07) is 23.6. The molecular weight excluding hydrogens is 462 g/mol. The second-order valence-corrected chi connectivity index (χ2v) is 8.79. The smallest absolute Gasteiger partial charge is 0.333 e. The monoisotopic (exact) mass is 499 g/mol. The zero-order chi connectivity index (χ0) is 26.5. The van der Waals surface area contributed by atoms with Crippen LogP contribution in [0.1, 0.15) is 61.5 Å². The first kappa shape index (κ1) is 27.9. The van der Waals surface area contributed by atoms with Crippen LogP contribution in [-0.4, -0.2) is 31.5 Å². The Kier molecular flexibility index (Phi) is 11.1. The van der Waals surface area contributed by atoms with E-state index in [-0.39, 0.29) is 18.3 Å². The fraction of sp³-hybridized carbons (Fsp3) is 0.312. The van der Waals surface area contributed by atoms with Gasteiger partial charge in [-0.25, -0.2) is 4.79 Å². The van der Waals surface area contributed by atoms with Crippen LogP contribution in [0.15, 0.2) is 78.4 Å². The molecule has 0 amide bonds. The lowest BCUT2D eigenvalue weighted by atomic mass is 9.99. The fourth-order valence-corrected chi connectivity index (χ4v) is 3.94. The summed E-state index contributed by atoms with van der Waals surface area (Å²) < 4.78 is 11.4. The van der Waals surface area contributed by atoms with Crippen molar-refractivity contribution in [3.05, 3.63) is 95.1 Å². The molecule has 0 aliphatic carbocycles. The number of rotatable bonds is 14. The van der Waals surface area contributed by atoms with Crippen molar-refractivity contribution in [1.29, 1.82) is 0 Å². The van der Waals surface area contributed by atoms with Crippen LogP contribution in [0.4, 0.5) is 0 Å². The van der Waals surface area contributed by atoms with Gasteiger partial charge in [0, 0.05) is 23.2 Å². The lowest BCUT2D eigenvalue weighted by Crippen LogP contribution is -2.22. The molecule has 0 saturated heterocycles. The van der Waals surface area contributed by atoms with Crippen molar-refractivity contribution in [1.82, 2.24) is 5.32 Å². The van der Waals surface area contributed by atoms with Crippen LogP contribution >= 0.6 is 0 Å². The molecule has 0 spiro atoms. The third-order valence-electron chi connectivity index (χ3n) is 5.97. The number of hydrogen-bond acceptors (Lipinski definition) is 5. The van der Waals surface area contributed by atoms with Crippen molar-refractivity contribution < 1.29 is 19.1 Å². The Morgan fingerprint density at radius 1 is 0.919 bits per heavy atom. The minimum Gasteiger partial charge on any atom is -0.493 e. The topological polar surface area (TPSA) is 64.6 Å². The summed E-state index contributed by atoms with van der Waals surface area (Å²) in [6.07, 6.45) is 4.47. The largest absolute Gasteiger partial charge is 0.493 e.